The number of benzene rings is 1. The number of ether oxygens (including phenoxy) is 1. The van der Waals surface area contributed by atoms with Crippen molar-refractivity contribution >= 4 is 11.6 Å². The van der Waals surface area contributed by atoms with Gasteiger partial charge in [-0.15, -0.1) is 0 Å². The molecule has 3 unspecified atom stereocenters. The Labute approximate surface area is 125 Å². The van der Waals surface area contributed by atoms with E-state index in [2.05, 4.69) is 11.8 Å². The van der Waals surface area contributed by atoms with E-state index in [1.807, 2.05) is 24.3 Å². The van der Waals surface area contributed by atoms with Gasteiger partial charge in [-0.25, -0.2) is 0 Å². The van der Waals surface area contributed by atoms with Gasteiger partial charge in [-0.3, -0.25) is 4.90 Å². The molecule has 1 aromatic rings. The molecule has 0 bridgehead atoms. The van der Waals surface area contributed by atoms with Crippen LogP contribution in [0, 0.1) is 0 Å². The van der Waals surface area contributed by atoms with Gasteiger partial charge in [-0.1, -0.05) is 30.7 Å². The van der Waals surface area contributed by atoms with Crippen molar-refractivity contribution in [2.45, 2.75) is 31.5 Å². The quantitative estimate of drug-likeness (QED) is 0.870. The van der Waals surface area contributed by atoms with Crippen LogP contribution in [0.2, 0.25) is 5.02 Å². The molecule has 2 rings (SSSR count). The fraction of sp³-hybridized carbons (Fsp3) is 0.600. The lowest BCUT2D eigenvalue weighted by molar-refractivity contribution is -0.0682. The van der Waals surface area contributed by atoms with Gasteiger partial charge in [0.1, 0.15) is 0 Å². The van der Waals surface area contributed by atoms with Gasteiger partial charge in [0, 0.05) is 24.2 Å². The van der Waals surface area contributed by atoms with Crippen LogP contribution in [0.4, 0.5) is 0 Å². The molecule has 1 saturated heterocycles. The Kier molecular flexibility index (Phi) is 5.81. The molecule has 20 heavy (non-hydrogen) atoms. The highest BCUT2D eigenvalue weighted by Gasteiger charge is 2.30. The lowest BCUT2D eigenvalue weighted by atomic mass is 9.95. The Balaban J connectivity index is 2.20. The van der Waals surface area contributed by atoms with Gasteiger partial charge < -0.3 is 15.6 Å². The third-order valence-corrected chi connectivity index (χ3v) is 4.11. The second-order valence-electron chi connectivity index (χ2n) is 5.24. The van der Waals surface area contributed by atoms with Gasteiger partial charge in [0.15, 0.2) is 0 Å². The lowest BCUT2D eigenvalue weighted by Crippen LogP contribution is -2.50. The molecule has 0 radical (unpaired) electrons. The molecule has 0 amide bonds. The zero-order valence-electron chi connectivity index (χ0n) is 11.8. The molecule has 0 aliphatic carbocycles. The first-order valence-corrected chi connectivity index (χ1v) is 7.51. The first-order chi connectivity index (χ1) is 9.65. The molecule has 112 valence electrons. The zero-order valence-corrected chi connectivity index (χ0v) is 12.6. The fourth-order valence-corrected chi connectivity index (χ4v) is 2.84. The molecule has 5 heteroatoms. The summed E-state index contributed by atoms with van der Waals surface area (Å²) in [7, 11) is 0. The average molecular weight is 299 g/mol. The lowest BCUT2D eigenvalue weighted by Gasteiger charge is -2.40. The van der Waals surface area contributed by atoms with Crippen LogP contribution in [-0.2, 0) is 4.74 Å². The summed E-state index contributed by atoms with van der Waals surface area (Å²) in [5, 5.41) is 10.0. The van der Waals surface area contributed by atoms with Crippen LogP contribution in [-0.4, -0.2) is 48.5 Å². The van der Waals surface area contributed by atoms with E-state index in [0.717, 1.165) is 18.0 Å². The number of aliphatic hydroxyl groups excluding tert-OH is 1. The SMILES string of the molecule is CCC(N)C(c1ccc(Cl)cc1)N1CCOC(CO)C1. The van der Waals surface area contributed by atoms with Crippen LogP contribution in [0.3, 0.4) is 0 Å². The second kappa shape index (κ2) is 7.38. The molecule has 3 N–H and O–H groups in total. The van der Waals surface area contributed by atoms with Crippen LogP contribution >= 0.6 is 11.6 Å². The normalized spacial score (nSPS) is 23.5. The van der Waals surface area contributed by atoms with Crippen LogP contribution in [0.1, 0.15) is 24.9 Å². The molecule has 1 aliphatic heterocycles. The Bertz CT molecular complexity index is 413. The Morgan fingerprint density at radius 2 is 2.15 bits per heavy atom. The third kappa shape index (κ3) is 3.71. The molecule has 0 spiro atoms. The van der Waals surface area contributed by atoms with E-state index in [-0.39, 0.29) is 24.8 Å². The van der Waals surface area contributed by atoms with E-state index < -0.39 is 0 Å². The summed E-state index contributed by atoms with van der Waals surface area (Å²) < 4.78 is 5.52. The minimum atomic E-state index is -0.123. The molecule has 1 fully saturated rings. The molecular formula is C15H23ClN2O2. The molecule has 0 aromatic heterocycles. The van der Waals surface area contributed by atoms with Gasteiger partial charge in [0.2, 0.25) is 0 Å². The maximum atomic E-state index is 9.29. The van der Waals surface area contributed by atoms with E-state index >= 15 is 0 Å². The van der Waals surface area contributed by atoms with Crippen molar-refractivity contribution in [3.05, 3.63) is 34.9 Å². The summed E-state index contributed by atoms with van der Waals surface area (Å²) in [5.41, 5.74) is 7.50. The van der Waals surface area contributed by atoms with Gasteiger partial charge in [0.05, 0.1) is 25.4 Å². The van der Waals surface area contributed by atoms with Crippen molar-refractivity contribution in [2.24, 2.45) is 5.73 Å². The molecular weight excluding hydrogens is 276 g/mol. The first kappa shape index (κ1) is 15.7. The smallest absolute Gasteiger partial charge is 0.0933 e. The Morgan fingerprint density at radius 1 is 1.45 bits per heavy atom. The molecule has 1 aromatic carbocycles. The summed E-state index contributed by atoms with van der Waals surface area (Å²) in [6.07, 6.45) is 0.775. The topological polar surface area (TPSA) is 58.7 Å². The predicted molar refractivity (Wildman–Crippen MR) is 80.9 cm³/mol. The molecule has 3 atom stereocenters. The average Bonchev–Trinajstić information content (AvgIpc) is 2.49. The predicted octanol–water partition coefficient (Wildman–Crippen LogP) is 1.81. The second-order valence-corrected chi connectivity index (χ2v) is 5.68. The van der Waals surface area contributed by atoms with Gasteiger partial charge in [-0.2, -0.15) is 0 Å². The van der Waals surface area contributed by atoms with E-state index in [4.69, 9.17) is 22.1 Å². The third-order valence-electron chi connectivity index (χ3n) is 3.86. The van der Waals surface area contributed by atoms with E-state index in [1.54, 1.807) is 0 Å². The summed E-state index contributed by atoms with van der Waals surface area (Å²) in [6, 6.07) is 8.05. The summed E-state index contributed by atoms with van der Waals surface area (Å²) >= 11 is 5.96. The highest BCUT2D eigenvalue weighted by Crippen LogP contribution is 2.28. The van der Waals surface area contributed by atoms with E-state index in [9.17, 15) is 5.11 Å². The Hall–Kier alpha value is -0.650. The number of aliphatic hydroxyl groups is 1. The minimum Gasteiger partial charge on any atom is -0.394 e. The maximum Gasteiger partial charge on any atom is 0.0933 e. The number of hydrogen-bond acceptors (Lipinski definition) is 4. The number of morpholine rings is 1. The van der Waals surface area contributed by atoms with Crippen molar-refractivity contribution in [3.8, 4) is 0 Å². The van der Waals surface area contributed by atoms with Crippen molar-refractivity contribution in [1.29, 1.82) is 0 Å². The molecule has 4 nitrogen and oxygen atoms in total. The minimum absolute atomic E-state index is 0.0468. The van der Waals surface area contributed by atoms with Gasteiger partial charge in [0.25, 0.3) is 0 Å². The number of nitrogens with zero attached hydrogens (tertiary/aromatic N) is 1. The van der Waals surface area contributed by atoms with Crippen molar-refractivity contribution in [2.75, 3.05) is 26.3 Å². The highest BCUT2D eigenvalue weighted by molar-refractivity contribution is 6.30. The Morgan fingerprint density at radius 3 is 2.75 bits per heavy atom. The van der Waals surface area contributed by atoms with Crippen LogP contribution in [0.5, 0.6) is 0 Å². The summed E-state index contributed by atoms with van der Waals surface area (Å²) in [6.45, 7) is 4.31. The van der Waals surface area contributed by atoms with E-state index in [1.165, 1.54) is 5.56 Å². The number of hydrogen-bond donors (Lipinski definition) is 2. The first-order valence-electron chi connectivity index (χ1n) is 7.13. The molecule has 1 heterocycles. The van der Waals surface area contributed by atoms with Gasteiger partial charge in [-0.05, 0) is 24.1 Å². The van der Waals surface area contributed by atoms with Crippen LogP contribution < -0.4 is 5.73 Å². The monoisotopic (exact) mass is 298 g/mol. The fourth-order valence-electron chi connectivity index (χ4n) is 2.72. The van der Waals surface area contributed by atoms with Gasteiger partial charge >= 0.3 is 0 Å². The van der Waals surface area contributed by atoms with Crippen molar-refractivity contribution in [3.63, 3.8) is 0 Å². The van der Waals surface area contributed by atoms with Crippen molar-refractivity contribution in [1.82, 2.24) is 4.90 Å². The highest BCUT2D eigenvalue weighted by atomic mass is 35.5. The summed E-state index contributed by atoms with van der Waals surface area (Å²) in [4.78, 5) is 2.31. The largest absolute Gasteiger partial charge is 0.394 e. The summed E-state index contributed by atoms with van der Waals surface area (Å²) in [5.74, 6) is 0. The number of nitrogens with two attached hydrogens (primary N) is 1. The number of halogens is 1. The zero-order chi connectivity index (χ0) is 14.5. The maximum absolute atomic E-state index is 9.29. The standard InChI is InChI=1S/C15H23ClN2O2/c1-2-14(17)15(11-3-5-12(16)6-4-11)18-7-8-20-13(9-18)10-19/h3-6,13-15,19H,2,7-10,17H2,1H3. The van der Waals surface area contributed by atoms with Crippen molar-refractivity contribution < 1.29 is 9.84 Å². The van der Waals surface area contributed by atoms with Crippen LogP contribution in [0.25, 0.3) is 0 Å². The molecule has 1 aliphatic rings. The number of rotatable bonds is 5. The molecule has 0 saturated carbocycles. The van der Waals surface area contributed by atoms with E-state index in [0.29, 0.717) is 13.2 Å². The van der Waals surface area contributed by atoms with Crippen LogP contribution in [0.15, 0.2) is 24.3 Å².